The van der Waals surface area contributed by atoms with Crippen LogP contribution in [-0.2, 0) is 4.79 Å². The predicted octanol–water partition coefficient (Wildman–Crippen LogP) is 2.37. The summed E-state index contributed by atoms with van der Waals surface area (Å²) >= 11 is 0. The Labute approximate surface area is 107 Å². The van der Waals surface area contributed by atoms with E-state index in [0.29, 0.717) is 11.5 Å². The summed E-state index contributed by atoms with van der Waals surface area (Å²) in [6.45, 7) is 3.66. The molecule has 100 valence electrons. The molecular formula is C13H19NO4. The van der Waals surface area contributed by atoms with Gasteiger partial charge in [0.1, 0.15) is 0 Å². The van der Waals surface area contributed by atoms with Crippen LogP contribution >= 0.6 is 0 Å². The van der Waals surface area contributed by atoms with Gasteiger partial charge in [0.05, 0.1) is 20.6 Å². The van der Waals surface area contributed by atoms with Gasteiger partial charge < -0.3 is 19.9 Å². The molecule has 0 heterocycles. The van der Waals surface area contributed by atoms with Crippen molar-refractivity contribution in [3.05, 3.63) is 18.2 Å². The lowest BCUT2D eigenvalue weighted by atomic mass is 10.0. The quantitative estimate of drug-likeness (QED) is 0.814. The summed E-state index contributed by atoms with van der Waals surface area (Å²) in [4.78, 5) is 10.7. The minimum absolute atomic E-state index is 0.0291. The van der Waals surface area contributed by atoms with Crippen molar-refractivity contribution in [2.45, 2.75) is 25.8 Å². The van der Waals surface area contributed by atoms with Crippen LogP contribution in [0.4, 0.5) is 5.69 Å². The second kappa shape index (κ2) is 5.62. The number of carbonyl (C=O) groups is 1. The number of aliphatic carboxylic acids is 1. The minimum atomic E-state index is -0.840. The van der Waals surface area contributed by atoms with Gasteiger partial charge in [0.15, 0.2) is 11.5 Å². The summed E-state index contributed by atoms with van der Waals surface area (Å²) < 4.78 is 10.3. The van der Waals surface area contributed by atoms with Gasteiger partial charge in [-0.05, 0) is 26.0 Å². The number of ether oxygens (including phenoxy) is 2. The van der Waals surface area contributed by atoms with Crippen LogP contribution in [0.2, 0.25) is 0 Å². The first kappa shape index (κ1) is 14.2. The Bertz CT molecular complexity index is 429. The molecule has 0 aliphatic heterocycles. The largest absolute Gasteiger partial charge is 0.493 e. The van der Waals surface area contributed by atoms with Gasteiger partial charge in [0, 0.05) is 17.3 Å². The number of benzene rings is 1. The molecule has 1 aromatic carbocycles. The standard InChI is InChI=1S/C13H19NO4/c1-13(2,8-12(15)16)14-9-5-6-10(17-3)11(7-9)18-4/h5-7,14H,8H2,1-4H3,(H,15,16). The summed E-state index contributed by atoms with van der Waals surface area (Å²) in [5, 5.41) is 12.0. The van der Waals surface area contributed by atoms with E-state index in [1.165, 1.54) is 0 Å². The number of methoxy groups -OCH3 is 2. The van der Waals surface area contributed by atoms with Crippen LogP contribution in [0.3, 0.4) is 0 Å². The number of hydrogen-bond acceptors (Lipinski definition) is 4. The Hall–Kier alpha value is -1.91. The van der Waals surface area contributed by atoms with E-state index in [9.17, 15) is 4.79 Å². The molecule has 0 radical (unpaired) electrons. The maximum atomic E-state index is 10.7. The van der Waals surface area contributed by atoms with Gasteiger partial charge in [-0.25, -0.2) is 0 Å². The first-order chi connectivity index (χ1) is 8.38. The van der Waals surface area contributed by atoms with E-state index in [4.69, 9.17) is 14.6 Å². The smallest absolute Gasteiger partial charge is 0.305 e. The van der Waals surface area contributed by atoms with E-state index in [-0.39, 0.29) is 6.42 Å². The van der Waals surface area contributed by atoms with Crippen molar-refractivity contribution in [1.82, 2.24) is 0 Å². The highest BCUT2D eigenvalue weighted by atomic mass is 16.5. The summed E-state index contributed by atoms with van der Waals surface area (Å²) in [6.07, 6.45) is 0.0291. The normalized spacial score (nSPS) is 10.9. The van der Waals surface area contributed by atoms with Gasteiger partial charge in [0.25, 0.3) is 0 Å². The number of carboxylic acid groups (broad SMARTS) is 1. The van der Waals surface area contributed by atoms with Crippen LogP contribution < -0.4 is 14.8 Å². The summed E-state index contributed by atoms with van der Waals surface area (Å²) in [5.41, 5.74) is 0.254. The molecule has 0 aliphatic rings. The Morgan fingerprint density at radius 3 is 2.39 bits per heavy atom. The predicted molar refractivity (Wildman–Crippen MR) is 69.5 cm³/mol. The molecule has 0 bridgehead atoms. The molecule has 0 aliphatic carbocycles. The number of rotatable bonds is 6. The van der Waals surface area contributed by atoms with Crippen LogP contribution in [0, 0.1) is 0 Å². The van der Waals surface area contributed by atoms with Gasteiger partial charge in [-0.2, -0.15) is 0 Å². The zero-order valence-electron chi connectivity index (χ0n) is 11.1. The average molecular weight is 253 g/mol. The molecule has 5 nitrogen and oxygen atoms in total. The fourth-order valence-electron chi connectivity index (χ4n) is 1.73. The molecule has 0 saturated heterocycles. The number of carboxylic acids is 1. The zero-order valence-corrected chi connectivity index (χ0v) is 11.1. The molecule has 0 atom stereocenters. The van der Waals surface area contributed by atoms with Crippen molar-refractivity contribution in [2.24, 2.45) is 0 Å². The Kier molecular flexibility index (Phi) is 4.42. The Morgan fingerprint density at radius 2 is 1.89 bits per heavy atom. The molecule has 18 heavy (non-hydrogen) atoms. The number of nitrogens with one attached hydrogen (secondary N) is 1. The first-order valence-corrected chi connectivity index (χ1v) is 5.60. The van der Waals surface area contributed by atoms with E-state index in [1.807, 2.05) is 19.9 Å². The van der Waals surface area contributed by atoms with E-state index >= 15 is 0 Å². The minimum Gasteiger partial charge on any atom is -0.493 e. The lowest BCUT2D eigenvalue weighted by Crippen LogP contribution is -2.33. The molecule has 0 saturated carbocycles. The van der Waals surface area contributed by atoms with Crippen LogP contribution in [0.5, 0.6) is 11.5 Å². The number of hydrogen-bond donors (Lipinski definition) is 2. The topological polar surface area (TPSA) is 67.8 Å². The van der Waals surface area contributed by atoms with Crippen LogP contribution in [0.1, 0.15) is 20.3 Å². The molecule has 1 rings (SSSR count). The van der Waals surface area contributed by atoms with E-state index in [0.717, 1.165) is 5.69 Å². The first-order valence-electron chi connectivity index (χ1n) is 5.60. The van der Waals surface area contributed by atoms with Crippen LogP contribution in [0.15, 0.2) is 18.2 Å². The summed E-state index contributed by atoms with van der Waals surface area (Å²) in [5.74, 6) is 0.403. The molecule has 1 aromatic rings. The fraction of sp³-hybridized carbons (Fsp3) is 0.462. The Balaban J connectivity index is 2.88. The third kappa shape index (κ3) is 3.84. The third-order valence-electron chi connectivity index (χ3n) is 2.46. The van der Waals surface area contributed by atoms with Crippen molar-refractivity contribution in [3.8, 4) is 11.5 Å². The van der Waals surface area contributed by atoms with E-state index < -0.39 is 11.5 Å². The second-order valence-corrected chi connectivity index (χ2v) is 4.65. The molecule has 5 heteroatoms. The summed E-state index contributed by atoms with van der Waals surface area (Å²) in [7, 11) is 3.13. The zero-order chi connectivity index (χ0) is 13.8. The molecule has 0 spiro atoms. The van der Waals surface area contributed by atoms with Crippen molar-refractivity contribution < 1.29 is 19.4 Å². The average Bonchev–Trinajstić information content (AvgIpc) is 2.26. The SMILES string of the molecule is COc1ccc(NC(C)(C)CC(=O)O)cc1OC. The van der Waals surface area contributed by atoms with Crippen molar-refractivity contribution in [3.63, 3.8) is 0 Å². The maximum Gasteiger partial charge on any atom is 0.305 e. The third-order valence-corrected chi connectivity index (χ3v) is 2.46. The van der Waals surface area contributed by atoms with Crippen molar-refractivity contribution in [1.29, 1.82) is 0 Å². The van der Waals surface area contributed by atoms with Gasteiger partial charge in [-0.3, -0.25) is 4.79 Å². The van der Waals surface area contributed by atoms with Crippen molar-refractivity contribution in [2.75, 3.05) is 19.5 Å². The Morgan fingerprint density at radius 1 is 1.28 bits per heavy atom. The highest BCUT2D eigenvalue weighted by molar-refractivity contribution is 5.69. The molecule has 0 unspecified atom stereocenters. The monoisotopic (exact) mass is 253 g/mol. The molecule has 0 fully saturated rings. The highest BCUT2D eigenvalue weighted by Crippen LogP contribution is 2.31. The molecule has 2 N–H and O–H groups in total. The molecule has 0 amide bonds. The van der Waals surface area contributed by atoms with Gasteiger partial charge in [0.2, 0.25) is 0 Å². The second-order valence-electron chi connectivity index (χ2n) is 4.65. The summed E-state index contributed by atoms with van der Waals surface area (Å²) in [6, 6.07) is 5.38. The van der Waals surface area contributed by atoms with Crippen LogP contribution in [0.25, 0.3) is 0 Å². The van der Waals surface area contributed by atoms with Crippen LogP contribution in [-0.4, -0.2) is 30.8 Å². The lowest BCUT2D eigenvalue weighted by Gasteiger charge is -2.26. The van der Waals surface area contributed by atoms with Gasteiger partial charge >= 0.3 is 5.97 Å². The number of anilines is 1. The highest BCUT2D eigenvalue weighted by Gasteiger charge is 2.21. The fourth-order valence-corrected chi connectivity index (χ4v) is 1.73. The lowest BCUT2D eigenvalue weighted by molar-refractivity contribution is -0.137. The molecular weight excluding hydrogens is 234 g/mol. The van der Waals surface area contributed by atoms with Gasteiger partial charge in [-0.1, -0.05) is 0 Å². The maximum absolute atomic E-state index is 10.7. The van der Waals surface area contributed by atoms with E-state index in [2.05, 4.69) is 5.32 Å². The van der Waals surface area contributed by atoms with Gasteiger partial charge in [-0.15, -0.1) is 0 Å². The van der Waals surface area contributed by atoms with E-state index in [1.54, 1.807) is 26.4 Å². The van der Waals surface area contributed by atoms with Crippen molar-refractivity contribution >= 4 is 11.7 Å². The molecule has 0 aromatic heterocycles.